The fourth-order valence-corrected chi connectivity index (χ4v) is 2.54. The largest absolute Gasteiger partial charge is 0.491 e. The number of alkyl halides is 1. The first-order valence-corrected chi connectivity index (χ1v) is 7.25. The molecule has 2 aromatic rings. The van der Waals surface area contributed by atoms with E-state index in [2.05, 4.69) is 15.9 Å². The molecule has 1 atom stereocenters. The standard InChI is InChI=1S/C16H15BrF2O/c1-10(2)20-12-8-6-11(7-9-12)15(17)13-4-3-5-14(18)16(13)19/h3-10,15H,1-2H3. The minimum Gasteiger partial charge on any atom is -0.491 e. The predicted molar refractivity (Wildman–Crippen MR) is 79.3 cm³/mol. The van der Waals surface area contributed by atoms with Gasteiger partial charge in [0.25, 0.3) is 0 Å². The van der Waals surface area contributed by atoms with Gasteiger partial charge in [-0.25, -0.2) is 8.78 Å². The number of rotatable bonds is 4. The number of benzene rings is 2. The minimum atomic E-state index is -0.841. The molecule has 0 aliphatic heterocycles. The molecule has 4 heteroatoms. The molecule has 20 heavy (non-hydrogen) atoms. The molecular weight excluding hydrogens is 326 g/mol. The van der Waals surface area contributed by atoms with Gasteiger partial charge in [-0.1, -0.05) is 40.2 Å². The summed E-state index contributed by atoms with van der Waals surface area (Å²) in [6, 6.07) is 11.5. The number of ether oxygens (including phenoxy) is 1. The predicted octanol–water partition coefficient (Wildman–Crippen LogP) is 5.24. The summed E-state index contributed by atoms with van der Waals surface area (Å²) in [5.74, 6) is -0.910. The second-order valence-electron chi connectivity index (χ2n) is 4.74. The molecule has 0 bridgehead atoms. The molecule has 0 fully saturated rings. The topological polar surface area (TPSA) is 9.23 Å². The van der Waals surface area contributed by atoms with Crippen LogP contribution in [0, 0.1) is 11.6 Å². The Labute approximate surface area is 125 Å². The molecule has 0 saturated heterocycles. The molecular formula is C16H15BrF2O. The first-order chi connectivity index (χ1) is 9.49. The van der Waals surface area contributed by atoms with Crippen LogP contribution in [0.15, 0.2) is 42.5 Å². The van der Waals surface area contributed by atoms with Crippen LogP contribution in [0.5, 0.6) is 5.75 Å². The SMILES string of the molecule is CC(C)Oc1ccc(C(Br)c2cccc(F)c2F)cc1. The van der Waals surface area contributed by atoms with Crippen molar-refractivity contribution >= 4 is 15.9 Å². The number of hydrogen-bond donors (Lipinski definition) is 0. The van der Waals surface area contributed by atoms with Crippen molar-refractivity contribution in [3.05, 3.63) is 65.2 Å². The summed E-state index contributed by atoms with van der Waals surface area (Å²) in [4.78, 5) is -0.397. The van der Waals surface area contributed by atoms with E-state index in [0.29, 0.717) is 0 Å². The Morgan fingerprint density at radius 2 is 1.65 bits per heavy atom. The minimum absolute atomic E-state index is 0.0984. The first-order valence-electron chi connectivity index (χ1n) is 6.33. The fraction of sp³-hybridized carbons (Fsp3) is 0.250. The van der Waals surface area contributed by atoms with Crippen molar-refractivity contribution in [1.29, 1.82) is 0 Å². The maximum absolute atomic E-state index is 13.8. The highest BCUT2D eigenvalue weighted by Gasteiger charge is 2.17. The second kappa shape index (κ2) is 6.35. The van der Waals surface area contributed by atoms with Crippen LogP contribution in [0.2, 0.25) is 0 Å². The van der Waals surface area contributed by atoms with E-state index < -0.39 is 16.5 Å². The lowest BCUT2D eigenvalue weighted by Crippen LogP contribution is -2.05. The Morgan fingerprint density at radius 1 is 1.00 bits per heavy atom. The quantitative estimate of drug-likeness (QED) is 0.692. The van der Waals surface area contributed by atoms with Gasteiger partial charge < -0.3 is 4.74 Å². The fourth-order valence-electron chi connectivity index (χ4n) is 1.88. The Morgan fingerprint density at radius 3 is 2.25 bits per heavy atom. The van der Waals surface area contributed by atoms with Crippen LogP contribution in [0.4, 0.5) is 8.78 Å². The molecule has 0 saturated carbocycles. The molecule has 0 N–H and O–H groups in total. The van der Waals surface area contributed by atoms with E-state index >= 15 is 0 Å². The zero-order valence-electron chi connectivity index (χ0n) is 11.2. The Kier molecular flexibility index (Phi) is 4.76. The smallest absolute Gasteiger partial charge is 0.163 e. The zero-order chi connectivity index (χ0) is 14.7. The molecule has 0 aliphatic rings. The zero-order valence-corrected chi connectivity index (χ0v) is 12.8. The van der Waals surface area contributed by atoms with Crippen molar-refractivity contribution in [2.75, 3.05) is 0 Å². The van der Waals surface area contributed by atoms with Crippen molar-refractivity contribution in [3.8, 4) is 5.75 Å². The summed E-state index contributed by atoms with van der Waals surface area (Å²) >= 11 is 3.41. The molecule has 0 heterocycles. The summed E-state index contributed by atoms with van der Waals surface area (Å²) in [5.41, 5.74) is 1.12. The highest BCUT2D eigenvalue weighted by Crippen LogP contribution is 2.33. The van der Waals surface area contributed by atoms with E-state index in [4.69, 9.17) is 4.74 Å². The van der Waals surface area contributed by atoms with Crippen LogP contribution in [-0.2, 0) is 0 Å². The van der Waals surface area contributed by atoms with Gasteiger partial charge in [-0.3, -0.25) is 0 Å². The number of halogens is 3. The lowest BCUT2D eigenvalue weighted by molar-refractivity contribution is 0.242. The third-order valence-corrected chi connectivity index (χ3v) is 3.82. The summed E-state index contributed by atoms with van der Waals surface area (Å²) in [6.45, 7) is 3.90. The Bertz CT molecular complexity index is 582. The van der Waals surface area contributed by atoms with Crippen molar-refractivity contribution in [2.45, 2.75) is 24.8 Å². The van der Waals surface area contributed by atoms with E-state index in [1.165, 1.54) is 6.07 Å². The van der Waals surface area contributed by atoms with Gasteiger partial charge in [0.05, 0.1) is 10.9 Å². The van der Waals surface area contributed by atoms with E-state index in [1.54, 1.807) is 6.07 Å². The molecule has 1 nitrogen and oxygen atoms in total. The highest BCUT2D eigenvalue weighted by molar-refractivity contribution is 9.09. The van der Waals surface area contributed by atoms with Gasteiger partial charge in [0, 0.05) is 5.56 Å². The van der Waals surface area contributed by atoms with Gasteiger partial charge in [-0.05, 0) is 37.6 Å². The average molecular weight is 341 g/mol. The van der Waals surface area contributed by atoms with E-state index in [0.717, 1.165) is 17.4 Å². The van der Waals surface area contributed by atoms with Gasteiger partial charge in [-0.15, -0.1) is 0 Å². The summed E-state index contributed by atoms with van der Waals surface area (Å²) in [7, 11) is 0. The van der Waals surface area contributed by atoms with Gasteiger partial charge in [0.2, 0.25) is 0 Å². The lowest BCUT2D eigenvalue weighted by atomic mass is 10.0. The lowest BCUT2D eigenvalue weighted by Gasteiger charge is -2.14. The molecule has 0 spiro atoms. The summed E-state index contributed by atoms with van der Waals surface area (Å²) in [5, 5.41) is 0. The Hall–Kier alpha value is -1.42. The summed E-state index contributed by atoms with van der Waals surface area (Å²) < 4.78 is 32.6. The summed E-state index contributed by atoms with van der Waals surface area (Å²) in [6.07, 6.45) is 0.0984. The van der Waals surface area contributed by atoms with Crippen LogP contribution in [0.3, 0.4) is 0 Å². The normalized spacial score (nSPS) is 12.5. The van der Waals surface area contributed by atoms with Gasteiger partial charge in [-0.2, -0.15) is 0 Å². The molecule has 2 aromatic carbocycles. The average Bonchev–Trinajstić information content (AvgIpc) is 2.41. The van der Waals surface area contributed by atoms with Crippen LogP contribution in [-0.4, -0.2) is 6.10 Å². The molecule has 0 amide bonds. The molecule has 2 rings (SSSR count). The molecule has 0 aliphatic carbocycles. The Balaban J connectivity index is 2.25. The van der Waals surface area contributed by atoms with Crippen LogP contribution >= 0.6 is 15.9 Å². The van der Waals surface area contributed by atoms with Crippen LogP contribution in [0.1, 0.15) is 29.8 Å². The van der Waals surface area contributed by atoms with Crippen LogP contribution < -0.4 is 4.74 Å². The molecule has 1 unspecified atom stereocenters. The first kappa shape index (κ1) is 15.0. The number of hydrogen-bond acceptors (Lipinski definition) is 1. The van der Waals surface area contributed by atoms with Crippen LogP contribution in [0.25, 0.3) is 0 Å². The van der Waals surface area contributed by atoms with E-state index in [9.17, 15) is 8.78 Å². The highest BCUT2D eigenvalue weighted by atomic mass is 79.9. The van der Waals surface area contributed by atoms with Gasteiger partial charge in [0.1, 0.15) is 5.75 Å². The molecule has 0 radical (unpaired) electrons. The third-order valence-electron chi connectivity index (χ3n) is 2.80. The maximum Gasteiger partial charge on any atom is 0.163 e. The van der Waals surface area contributed by atoms with Crippen molar-refractivity contribution in [1.82, 2.24) is 0 Å². The monoisotopic (exact) mass is 340 g/mol. The van der Waals surface area contributed by atoms with E-state index in [1.807, 2.05) is 38.1 Å². The van der Waals surface area contributed by atoms with Crippen molar-refractivity contribution in [3.63, 3.8) is 0 Å². The van der Waals surface area contributed by atoms with Gasteiger partial charge in [0.15, 0.2) is 11.6 Å². The van der Waals surface area contributed by atoms with Gasteiger partial charge >= 0.3 is 0 Å². The molecule has 106 valence electrons. The molecule has 0 aromatic heterocycles. The maximum atomic E-state index is 13.8. The third kappa shape index (κ3) is 3.37. The van der Waals surface area contributed by atoms with E-state index in [-0.39, 0.29) is 11.7 Å². The van der Waals surface area contributed by atoms with Crippen molar-refractivity contribution in [2.24, 2.45) is 0 Å². The van der Waals surface area contributed by atoms with Crippen molar-refractivity contribution < 1.29 is 13.5 Å². The second-order valence-corrected chi connectivity index (χ2v) is 5.66.